The van der Waals surface area contributed by atoms with E-state index in [1.54, 1.807) is 14.2 Å². The normalized spacial score (nSPS) is 12.4. The molecule has 2 aromatic carbocycles. The number of fused-ring (bicyclic) bond motifs is 1. The number of benzene rings is 2. The van der Waals surface area contributed by atoms with Crippen LogP contribution in [0.2, 0.25) is 0 Å². The van der Waals surface area contributed by atoms with Gasteiger partial charge in [0.2, 0.25) is 0 Å². The van der Waals surface area contributed by atoms with E-state index in [1.807, 2.05) is 18.2 Å². The second kappa shape index (κ2) is 6.87. The minimum atomic E-state index is 0.551. The fraction of sp³-hybridized carbons (Fsp3) is 0.278. The summed E-state index contributed by atoms with van der Waals surface area (Å²) < 4.78 is 10.5. The molecule has 1 aliphatic carbocycles. The summed E-state index contributed by atoms with van der Waals surface area (Å²) in [5, 5.41) is 6.95. The van der Waals surface area contributed by atoms with Crippen LogP contribution in [0.1, 0.15) is 17.5 Å². The van der Waals surface area contributed by atoms with Crippen LogP contribution in [0.3, 0.4) is 0 Å². The van der Waals surface area contributed by atoms with Gasteiger partial charge in [0.1, 0.15) is 0 Å². The number of rotatable bonds is 4. The standard InChI is InChI=1S/C18H20N2O2S/c1-21-16-9-8-15(11-17(16)22-2)20-18(23)19-14-7-6-12-4-3-5-13(12)10-14/h6-11H,3-5H2,1-2H3,(H2,19,20,23). The maximum absolute atomic E-state index is 5.39. The molecule has 0 saturated heterocycles. The number of methoxy groups -OCH3 is 2. The van der Waals surface area contributed by atoms with Crippen LogP contribution in [-0.4, -0.2) is 19.3 Å². The SMILES string of the molecule is COc1ccc(NC(=S)Nc2ccc3c(c2)CCC3)cc1OC. The Hall–Kier alpha value is -2.27. The lowest BCUT2D eigenvalue weighted by Crippen LogP contribution is -2.19. The third-order valence-corrected chi connectivity index (χ3v) is 4.20. The highest BCUT2D eigenvalue weighted by Crippen LogP contribution is 2.30. The van der Waals surface area contributed by atoms with E-state index in [9.17, 15) is 0 Å². The average molecular weight is 328 g/mol. The number of aryl methyl sites for hydroxylation is 2. The molecular weight excluding hydrogens is 308 g/mol. The van der Waals surface area contributed by atoms with Crippen molar-refractivity contribution in [1.82, 2.24) is 0 Å². The predicted octanol–water partition coefficient (Wildman–Crippen LogP) is 4.00. The average Bonchev–Trinajstić information content (AvgIpc) is 3.02. The summed E-state index contributed by atoms with van der Waals surface area (Å²) in [6.07, 6.45) is 3.58. The minimum Gasteiger partial charge on any atom is -0.493 e. The molecule has 5 heteroatoms. The van der Waals surface area contributed by atoms with Crippen LogP contribution in [0.15, 0.2) is 36.4 Å². The van der Waals surface area contributed by atoms with E-state index in [0.717, 1.165) is 17.8 Å². The molecule has 1 aliphatic rings. The molecule has 0 spiro atoms. The molecule has 0 atom stereocenters. The summed E-state index contributed by atoms with van der Waals surface area (Å²) in [5.74, 6) is 1.35. The highest BCUT2D eigenvalue weighted by molar-refractivity contribution is 7.80. The van der Waals surface area contributed by atoms with E-state index in [1.165, 1.54) is 24.0 Å². The van der Waals surface area contributed by atoms with Crippen LogP contribution < -0.4 is 20.1 Å². The van der Waals surface area contributed by atoms with Crippen molar-refractivity contribution in [3.63, 3.8) is 0 Å². The molecule has 0 fully saturated rings. The summed E-state index contributed by atoms with van der Waals surface area (Å²) in [6.45, 7) is 0. The van der Waals surface area contributed by atoms with E-state index in [2.05, 4.69) is 28.8 Å². The molecule has 0 bridgehead atoms. The first-order valence-corrected chi connectivity index (χ1v) is 8.02. The van der Waals surface area contributed by atoms with E-state index >= 15 is 0 Å². The van der Waals surface area contributed by atoms with Gasteiger partial charge in [-0.1, -0.05) is 6.07 Å². The van der Waals surface area contributed by atoms with E-state index in [-0.39, 0.29) is 0 Å². The Labute approximate surface area is 141 Å². The van der Waals surface area contributed by atoms with Gasteiger partial charge in [-0.05, 0) is 66.9 Å². The first-order chi connectivity index (χ1) is 11.2. The number of hydrogen-bond acceptors (Lipinski definition) is 3. The molecule has 2 aromatic rings. The lowest BCUT2D eigenvalue weighted by molar-refractivity contribution is 0.355. The smallest absolute Gasteiger partial charge is 0.175 e. The Balaban J connectivity index is 1.67. The number of nitrogens with one attached hydrogen (secondary N) is 2. The van der Waals surface area contributed by atoms with Crippen LogP contribution in [0, 0.1) is 0 Å². The molecule has 0 unspecified atom stereocenters. The number of hydrogen-bond donors (Lipinski definition) is 2. The Kier molecular flexibility index (Phi) is 4.67. The van der Waals surface area contributed by atoms with Crippen molar-refractivity contribution in [2.75, 3.05) is 24.9 Å². The van der Waals surface area contributed by atoms with Crippen LogP contribution in [0.4, 0.5) is 11.4 Å². The van der Waals surface area contributed by atoms with Crippen molar-refractivity contribution < 1.29 is 9.47 Å². The van der Waals surface area contributed by atoms with E-state index < -0.39 is 0 Å². The topological polar surface area (TPSA) is 42.5 Å². The second-order valence-electron chi connectivity index (χ2n) is 5.49. The van der Waals surface area contributed by atoms with Crippen LogP contribution in [0.5, 0.6) is 11.5 Å². The fourth-order valence-corrected chi connectivity index (χ4v) is 3.09. The van der Waals surface area contributed by atoms with Gasteiger partial charge in [-0.15, -0.1) is 0 Å². The van der Waals surface area contributed by atoms with Crippen molar-refractivity contribution in [2.45, 2.75) is 19.3 Å². The third kappa shape index (κ3) is 3.56. The lowest BCUT2D eigenvalue weighted by Gasteiger charge is -2.13. The molecule has 120 valence electrons. The van der Waals surface area contributed by atoms with Crippen molar-refractivity contribution >= 4 is 28.7 Å². The zero-order chi connectivity index (χ0) is 16.2. The number of thiocarbonyl (C=S) groups is 1. The molecule has 0 amide bonds. The largest absolute Gasteiger partial charge is 0.493 e. The number of ether oxygens (including phenoxy) is 2. The maximum atomic E-state index is 5.39. The van der Waals surface area contributed by atoms with Gasteiger partial charge in [0, 0.05) is 17.4 Å². The molecule has 0 radical (unpaired) electrons. The Morgan fingerprint density at radius 1 is 0.870 bits per heavy atom. The van der Waals surface area contributed by atoms with Gasteiger partial charge in [-0.25, -0.2) is 0 Å². The fourth-order valence-electron chi connectivity index (χ4n) is 2.86. The molecule has 4 nitrogen and oxygen atoms in total. The van der Waals surface area contributed by atoms with Gasteiger partial charge in [-0.2, -0.15) is 0 Å². The van der Waals surface area contributed by atoms with E-state index in [4.69, 9.17) is 21.7 Å². The first-order valence-electron chi connectivity index (χ1n) is 7.61. The van der Waals surface area contributed by atoms with Crippen molar-refractivity contribution in [3.05, 3.63) is 47.5 Å². The molecule has 0 heterocycles. The zero-order valence-corrected chi connectivity index (χ0v) is 14.1. The van der Waals surface area contributed by atoms with Crippen molar-refractivity contribution in [1.29, 1.82) is 0 Å². The molecule has 0 aromatic heterocycles. The Morgan fingerprint density at radius 2 is 1.52 bits per heavy atom. The Morgan fingerprint density at radius 3 is 2.26 bits per heavy atom. The molecule has 0 aliphatic heterocycles. The molecular formula is C18H20N2O2S. The van der Waals surface area contributed by atoms with Gasteiger partial charge >= 0.3 is 0 Å². The highest BCUT2D eigenvalue weighted by atomic mass is 32.1. The number of anilines is 2. The van der Waals surface area contributed by atoms with E-state index in [0.29, 0.717) is 16.6 Å². The maximum Gasteiger partial charge on any atom is 0.175 e. The summed E-state index contributed by atoms with van der Waals surface area (Å²) in [7, 11) is 3.23. The minimum absolute atomic E-state index is 0.551. The molecule has 0 saturated carbocycles. The second-order valence-corrected chi connectivity index (χ2v) is 5.89. The summed E-state index contributed by atoms with van der Waals surface area (Å²) in [4.78, 5) is 0. The first kappa shape index (κ1) is 15.6. The van der Waals surface area contributed by atoms with Crippen LogP contribution in [-0.2, 0) is 12.8 Å². The van der Waals surface area contributed by atoms with Gasteiger partial charge in [0.25, 0.3) is 0 Å². The zero-order valence-electron chi connectivity index (χ0n) is 13.3. The lowest BCUT2D eigenvalue weighted by atomic mass is 10.1. The van der Waals surface area contributed by atoms with Crippen molar-refractivity contribution in [3.8, 4) is 11.5 Å². The predicted molar refractivity (Wildman–Crippen MR) is 97.9 cm³/mol. The highest BCUT2D eigenvalue weighted by Gasteiger charge is 2.11. The van der Waals surface area contributed by atoms with Gasteiger partial charge in [0.15, 0.2) is 16.6 Å². The van der Waals surface area contributed by atoms with Gasteiger partial charge < -0.3 is 20.1 Å². The molecule has 3 rings (SSSR count). The Bertz CT molecular complexity index is 731. The van der Waals surface area contributed by atoms with Crippen LogP contribution in [0.25, 0.3) is 0 Å². The summed E-state index contributed by atoms with van der Waals surface area (Å²) >= 11 is 5.39. The van der Waals surface area contributed by atoms with Crippen molar-refractivity contribution in [2.24, 2.45) is 0 Å². The monoisotopic (exact) mass is 328 g/mol. The van der Waals surface area contributed by atoms with Gasteiger partial charge in [0.05, 0.1) is 14.2 Å². The molecule has 2 N–H and O–H groups in total. The van der Waals surface area contributed by atoms with Gasteiger partial charge in [-0.3, -0.25) is 0 Å². The quantitative estimate of drug-likeness (QED) is 0.831. The van der Waals surface area contributed by atoms with Crippen LogP contribution >= 0.6 is 12.2 Å². The molecule has 23 heavy (non-hydrogen) atoms. The summed E-state index contributed by atoms with van der Waals surface area (Å²) in [5.41, 5.74) is 4.74. The summed E-state index contributed by atoms with van der Waals surface area (Å²) in [6, 6.07) is 12.0. The third-order valence-electron chi connectivity index (χ3n) is 4.00.